The third-order valence-corrected chi connectivity index (χ3v) is 10.4. The van der Waals surface area contributed by atoms with Crippen molar-refractivity contribution in [1.29, 1.82) is 0 Å². The molecule has 0 unspecified atom stereocenters. The molecule has 59 heavy (non-hydrogen) atoms. The number of pyridine rings is 1. The van der Waals surface area contributed by atoms with Crippen LogP contribution >= 0.6 is 0 Å². The standard InChI is InChI=1S/C47H63NO11/c1-8-25-46(4,5)31-57-44(53)55-29-35-28-48-33(3)43(39(35)30-56-45(54)58-32-47(6,7)26-9-2)59-42(52)20-16-11-10-15-19-37-38(41(51)27-40(37)50)24-23-36(49)22-21-34-17-13-12-14-18-34/h1-2,10,12-15,17-18,28,36-38,40-41,49-51H,11,16,19-27,29-32H2,3-7H3/b15-10-/t36-,37+,38+,40-,41+/m0/s1. The van der Waals surface area contributed by atoms with Gasteiger partial charge in [0.15, 0.2) is 5.75 Å². The SMILES string of the molecule is C#CCC(C)(C)COC(=O)OCc1cnc(C)c(OC(=O)CCC/C=C\C[C@@H]2[C@@H](CC[C@@H](O)CCc3ccccc3)[C@H](O)C[C@@H]2O)c1COC(=O)OCC(C)(C)CC#C. The Labute approximate surface area is 350 Å². The zero-order valence-electron chi connectivity index (χ0n) is 35.3. The predicted molar refractivity (Wildman–Crippen MR) is 223 cm³/mol. The van der Waals surface area contributed by atoms with E-state index in [4.69, 9.17) is 36.5 Å². The van der Waals surface area contributed by atoms with Gasteiger partial charge in [-0.1, -0.05) is 70.2 Å². The van der Waals surface area contributed by atoms with E-state index in [1.54, 1.807) is 6.92 Å². The monoisotopic (exact) mass is 817 g/mol. The number of hydrogen-bond acceptors (Lipinski definition) is 12. The highest BCUT2D eigenvalue weighted by Gasteiger charge is 2.40. The van der Waals surface area contributed by atoms with E-state index in [2.05, 4.69) is 16.8 Å². The van der Waals surface area contributed by atoms with Gasteiger partial charge >= 0.3 is 18.3 Å². The highest BCUT2D eigenvalue weighted by Crippen LogP contribution is 2.38. The molecule has 1 fully saturated rings. The zero-order chi connectivity index (χ0) is 43.4. The van der Waals surface area contributed by atoms with Gasteiger partial charge in [-0.25, -0.2) is 9.59 Å². The number of aliphatic hydroxyl groups excluding tert-OH is 3. The van der Waals surface area contributed by atoms with Crippen molar-refractivity contribution in [2.24, 2.45) is 22.7 Å². The Morgan fingerprint density at radius 1 is 0.881 bits per heavy atom. The molecule has 0 spiro atoms. The second-order valence-corrected chi connectivity index (χ2v) is 16.9. The topological polar surface area (TPSA) is 171 Å². The minimum atomic E-state index is -0.960. The maximum Gasteiger partial charge on any atom is 0.508 e. The molecular weight excluding hydrogens is 755 g/mol. The molecule has 1 aromatic heterocycles. The van der Waals surface area contributed by atoms with Crippen molar-refractivity contribution < 1.29 is 53.4 Å². The van der Waals surface area contributed by atoms with Crippen LogP contribution in [0, 0.1) is 54.3 Å². The first-order chi connectivity index (χ1) is 28.0. The minimum absolute atomic E-state index is 0.0169. The summed E-state index contributed by atoms with van der Waals surface area (Å²) in [6, 6.07) is 10.0. The quantitative estimate of drug-likeness (QED) is 0.0429. The average molecular weight is 818 g/mol. The van der Waals surface area contributed by atoms with E-state index in [0.717, 1.165) is 6.42 Å². The number of carbonyl (C=O) groups is 3. The first-order valence-electron chi connectivity index (χ1n) is 20.4. The number of nitrogens with zero attached hydrogens (tertiary/aromatic N) is 1. The fourth-order valence-corrected chi connectivity index (χ4v) is 6.92. The van der Waals surface area contributed by atoms with Crippen molar-refractivity contribution in [1.82, 2.24) is 4.98 Å². The maximum absolute atomic E-state index is 13.1. The Bertz CT molecular complexity index is 1760. The first kappa shape index (κ1) is 48.5. The zero-order valence-corrected chi connectivity index (χ0v) is 35.3. The number of carbonyl (C=O) groups excluding carboxylic acids is 3. The van der Waals surface area contributed by atoms with E-state index < -0.39 is 47.4 Å². The number of allylic oxidation sites excluding steroid dienone is 2. The van der Waals surface area contributed by atoms with E-state index >= 15 is 0 Å². The Hall–Kier alpha value is -4.88. The summed E-state index contributed by atoms with van der Waals surface area (Å²) >= 11 is 0. The Balaban J connectivity index is 1.57. The lowest BCUT2D eigenvalue weighted by molar-refractivity contribution is -0.134. The lowest BCUT2D eigenvalue weighted by Gasteiger charge is -2.23. The van der Waals surface area contributed by atoms with Crippen molar-refractivity contribution in [2.45, 2.75) is 137 Å². The van der Waals surface area contributed by atoms with Gasteiger partial charge in [0.05, 0.1) is 24.0 Å². The molecule has 0 aliphatic heterocycles. The van der Waals surface area contributed by atoms with E-state index in [1.807, 2.05) is 70.2 Å². The molecule has 1 saturated carbocycles. The second-order valence-electron chi connectivity index (χ2n) is 16.9. The van der Waals surface area contributed by atoms with Gasteiger partial charge in [-0.3, -0.25) is 9.78 Å². The predicted octanol–water partition coefficient (Wildman–Crippen LogP) is 7.95. The molecular formula is C47H63NO11. The van der Waals surface area contributed by atoms with Crippen LogP contribution in [-0.4, -0.2) is 70.1 Å². The molecule has 0 amide bonds. The molecule has 0 bridgehead atoms. The number of aliphatic hydroxyl groups is 3. The van der Waals surface area contributed by atoms with Crippen molar-refractivity contribution in [3.63, 3.8) is 0 Å². The summed E-state index contributed by atoms with van der Waals surface area (Å²) < 4.78 is 27.1. The molecule has 12 nitrogen and oxygen atoms in total. The number of aryl methyl sites for hydroxylation is 2. The van der Waals surface area contributed by atoms with Gasteiger partial charge in [-0.05, 0) is 75.7 Å². The van der Waals surface area contributed by atoms with Gasteiger partial charge in [0.1, 0.15) is 26.4 Å². The highest BCUT2D eigenvalue weighted by atomic mass is 16.7. The number of terminal acetylenes is 2. The van der Waals surface area contributed by atoms with Crippen LogP contribution in [0.2, 0.25) is 0 Å². The lowest BCUT2D eigenvalue weighted by Crippen LogP contribution is -2.23. The maximum atomic E-state index is 13.1. The lowest BCUT2D eigenvalue weighted by atomic mass is 9.85. The third-order valence-electron chi connectivity index (χ3n) is 10.4. The van der Waals surface area contributed by atoms with Crippen LogP contribution in [0.3, 0.4) is 0 Å². The van der Waals surface area contributed by atoms with Gasteiger partial charge in [0.25, 0.3) is 0 Å². The minimum Gasteiger partial charge on any atom is -0.434 e. The number of ether oxygens (including phenoxy) is 5. The van der Waals surface area contributed by atoms with Gasteiger partial charge < -0.3 is 39.0 Å². The van der Waals surface area contributed by atoms with Gasteiger partial charge in [-0.15, -0.1) is 24.7 Å². The van der Waals surface area contributed by atoms with Crippen molar-refractivity contribution in [2.75, 3.05) is 13.2 Å². The van der Waals surface area contributed by atoms with Crippen LogP contribution in [-0.2, 0) is 43.4 Å². The molecule has 2 aromatic rings. The number of aromatic nitrogens is 1. The summed E-state index contributed by atoms with van der Waals surface area (Å²) in [7, 11) is 0. The van der Waals surface area contributed by atoms with Crippen LogP contribution < -0.4 is 4.74 Å². The fourth-order valence-electron chi connectivity index (χ4n) is 6.92. The molecule has 1 aromatic carbocycles. The van der Waals surface area contributed by atoms with E-state index in [9.17, 15) is 29.7 Å². The fraction of sp³-hybridized carbons (Fsp3) is 0.574. The smallest absolute Gasteiger partial charge is 0.434 e. The second kappa shape index (κ2) is 24.3. The molecule has 0 saturated heterocycles. The van der Waals surface area contributed by atoms with Gasteiger partial charge in [0, 0.05) is 47.4 Å². The first-order valence-corrected chi connectivity index (χ1v) is 20.4. The number of rotatable bonds is 23. The number of esters is 1. The summed E-state index contributed by atoms with van der Waals surface area (Å²) in [6.45, 7) is 8.41. The molecule has 3 N–H and O–H groups in total. The molecule has 1 aliphatic rings. The molecule has 0 radical (unpaired) electrons. The normalized spacial score (nSPS) is 18.4. The highest BCUT2D eigenvalue weighted by molar-refractivity contribution is 5.73. The number of benzene rings is 1. The molecule has 5 atom stereocenters. The molecule has 1 heterocycles. The van der Waals surface area contributed by atoms with Crippen LogP contribution in [0.4, 0.5) is 9.59 Å². The number of unbranched alkanes of at least 4 members (excludes halogenated alkanes) is 1. The van der Waals surface area contributed by atoms with Gasteiger partial charge in [0.2, 0.25) is 0 Å². The van der Waals surface area contributed by atoms with E-state index in [-0.39, 0.29) is 56.0 Å². The van der Waals surface area contributed by atoms with Crippen LogP contribution in [0.1, 0.15) is 114 Å². The van der Waals surface area contributed by atoms with E-state index in [1.165, 1.54) is 11.8 Å². The number of hydrogen-bond donors (Lipinski definition) is 3. The summed E-state index contributed by atoms with van der Waals surface area (Å²) in [5.41, 5.74) is 1.18. The molecule has 3 rings (SSSR count). The van der Waals surface area contributed by atoms with Gasteiger partial charge in [-0.2, -0.15) is 0 Å². The van der Waals surface area contributed by atoms with Crippen molar-refractivity contribution in [3.05, 3.63) is 71.1 Å². The Kier molecular flexibility index (Phi) is 19.9. The molecule has 1 aliphatic carbocycles. The molecule has 12 heteroatoms. The van der Waals surface area contributed by atoms with Crippen LogP contribution in [0.5, 0.6) is 5.75 Å². The third kappa shape index (κ3) is 17.5. The average Bonchev–Trinajstić information content (AvgIpc) is 3.46. The Morgan fingerprint density at radius 3 is 2.12 bits per heavy atom. The summed E-state index contributed by atoms with van der Waals surface area (Å²) in [6.07, 6.45) is 17.9. The summed E-state index contributed by atoms with van der Waals surface area (Å²) in [5, 5.41) is 32.0. The Morgan fingerprint density at radius 2 is 1.49 bits per heavy atom. The van der Waals surface area contributed by atoms with Crippen LogP contribution in [0.25, 0.3) is 0 Å². The largest absolute Gasteiger partial charge is 0.508 e. The molecule has 322 valence electrons. The van der Waals surface area contributed by atoms with Crippen molar-refractivity contribution >= 4 is 18.3 Å². The van der Waals surface area contributed by atoms with E-state index in [0.29, 0.717) is 69.0 Å². The summed E-state index contributed by atoms with van der Waals surface area (Å²) in [4.78, 5) is 42.6. The van der Waals surface area contributed by atoms with Crippen LogP contribution in [0.15, 0.2) is 48.7 Å². The van der Waals surface area contributed by atoms with Crippen molar-refractivity contribution in [3.8, 4) is 30.4 Å². The summed E-state index contributed by atoms with van der Waals surface area (Å²) in [5.74, 6) is 4.38.